The molecule has 1 aromatic rings. The number of carbonyl (C=O) groups is 1. The van der Waals surface area contributed by atoms with E-state index in [1.165, 1.54) is 9.47 Å². The van der Waals surface area contributed by atoms with Crippen molar-refractivity contribution in [2.75, 3.05) is 25.4 Å². The molecule has 1 aliphatic heterocycles. The molecule has 0 unspecified atom stereocenters. The average molecular weight is 281 g/mol. The molecule has 1 aromatic heterocycles. The van der Waals surface area contributed by atoms with Crippen molar-refractivity contribution >= 4 is 11.6 Å². The first kappa shape index (κ1) is 14.5. The monoisotopic (exact) mass is 281 g/mol. The van der Waals surface area contributed by atoms with E-state index in [2.05, 4.69) is 4.98 Å². The second kappa shape index (κ2) is 6.04. The van der Waals surface area contributed by atoms with Gasteiger partial charge in [-0.1, -0.05) is 6.92 Å². The van der Waals surface area contributed by atoms with Gasteiger partial charge in [0.15, 0.2) is 0 Å². The van der Waals surface area contributed by atoms with Gasteiger partial charge in [0.2, 0.25) is 5.78 Å². The Labute approximate surface area is 116 Å². The van der Waals surface area contributed by atoms with Gasteiger partial charge in [-0.25, -0.2) is 4.79 Å². The van der Waals surface area contributed by atoms with E-state index in [1.54, 1.807) is 0 Å². The summed E-state index contributed by atoms with van der Waals surface area (Å²) in [6.07, 6.45) is 2.90. The Hall–Kier alpha value is -1.89. The Balaban J connectivity index is 2.34. The van der Waals surface area contributed by atoms with Gasteiger partial charge in [-0.15, -0.1) is 0 Å². The van der Waals surface area contributed by atoms with Crippen LogP contribution in [0.5, 0.6) is 0 Å². The molecule has 1 fully saturated rings. The molecule has 2 rings (SSSR count). The highest BCUT2D eigenvalue weighted by molar-refractivity contribution is 6.00. The molecule has 0 saturated carbocycles. The number of anilines is 1. The second-order valence-electron chi connectivity index (χ2n) is 5.23. The van der Waals surface area contributed by atoms with Crippen molar-refractivity contribution in [3.63, 3.8) is 0 Å². The number of likely N-dealkylation sites (tertiary alicyclic amines) is 1. The molecule has 0 radical (unpaired) electrons. The van der Waals surface area contributed by atoms with Crippen LogP contribution in [0.3, 0.4) is 0 Å². The summed E-state index contributed by atoms with van der Waals surface area (Å²) in [6, 6.07) is 0. The molecular formula is C13H21N4O3+. The quantitative estimate of drug-likeness (QED) is 0.565. The van der Waals surface area contributed by atoms with E-state index in [1.807, 2.05) is 6.92 Å². The number of Topliss-reactive ketones (excluding diaryl/α,β-unsaturated/α-hetero) is 1. The Bertz CT molecular complexity index is 611. The van der Waals surface area contributed by atoms with Crippen LogP contribution < -0.4 is 21.9 Å². The lowest BCUT2D eigenvalue weighted by Gasteiger charge is -2.13. The van der Waals surface area contributed by atoms with Gasteiger partial charge < -0.3 is 10.6 Å². The van der Waals surface area contributed by atoms with Crippen LogP contribution >= 0.6 is 0 Å². The van der Waals surface area contributed by atoms with Crippen molar-refractivity contribution < 1.29 is 9.69 Å². The van der Waals surface area contributed by atoms with Gasteiger partial charge in [0.05, 0.1) is 13.1 Å². The summed E-state index contributed by atoms with van der Waals surface area (Å²) < 4.78 is 1.26. The fourth-order valence-electron chi connectivity index (χ4n) is 2.67. The molecule has 4 N–H and O–H groups in total. The van der Waals surface area contributed by atoms with Crippen molar-refractivity contribution in [3.8, 4) is 0 Å². The maximum Gasteiger partial charge on any atom is 0.329 e. The topological polar surface area (TPSA) is 102 Å². The largest absolute Gasteiger partial charge is 0.384 e. The second-order valence-corrected chi connectivity index (χ2v) is 5.23. The maximum absolute atomic E-state index is 12.3. The number of hydrogen-bond donors (Lipinski definition) is 3. The third-order valence-corrected chi connectivity index (χ3v) is 3.69. The van der Waals surface area contributed by atoms with Crippen LogP contribution in [0.1, 0.15) is 36.5 Å². The number of nitrogens with zero attached hydrogens (tertiary/aromatic N) is 1. The molecule has 110 valence electrons. The van der Waals surface area contributed by atoms with Crippen molar-refractivity contribution in [2.24, 2.45) is 0 Å². The molecule has 1 saturated heterocycles. The highest BCUT2D eigenvalue weighted by Crippen LogP contribution is 2.05. The highest BCUT2D eigenvalue weighted by Gasteiger charge is 2.25. The number of carbonyl (C=O) groups excluding carboxylic acids is 1. The Morgan fingerprint density at radius 1 is 1.35 bits per heavy atom. The molecule has 0 amide bonds. The molecule has 20 heavy (non-hydrogen) atoms. The first-order chi connectivity index (χ1) is 9.54. The zero-order valence-electron chi connectivity index (χ0n) is 11.7. The molecule has 7 nitrogen and oxygen atoms in total. The summed E-state index contributed by atoms with van der Waals surface area (Å²) in [6.45, 7) is 4.43. The van der Waals surface area contributed by atoms with E-state index in [4.69, 9.17) is 5.73 Å². The van der Waals surface area contributed by atoms with E-state index >= 15 is 0 Å². The van der Waals surface area contributed by atoms with Gasteiger partial charge in [0.25, 0.3) is 5.56 Å². The first-order valence-electron chi connectivity index (χ1n) is 7.04. The molecule has 2 heterocycles. The predicted molar refractivity (Wildman–Crippen MR) is 75.2 cm³/mol. The standard InChI is InChI=1S/C13H20N4O3/c1-2-5-17-11(14)10(12(19)15-13(17)20)9(18)8-16-6-3-4-7-16/h2-8,14H2,1H3,(H,15,19,20)/p+1. The Morgan fingerprint density at radius 2 is 2.00 bits per heavy atom. The first-order valence-corrected chi connectivity index (χ1v) is 7.04. The highest BCUT2D eigenvalue weighted by atomic mass is 16.2. The van der Waals surface area contributed by atoms with Crippen molar-refractivity contribution in [1.82, 2.24) is 9.55 Å². The SMILES string of the molecule is CCCn1c(N)c(C(=O)C[NH+]2CCCC2)c(=O)[nH]c1=O. The van der Waals surface area contributed by atoms with Gasteiger partial charge in [-0.05, 0) is 6.42 Å². The van der Waals surface area contributed by atoms with Crippen LogP contribution in [-0.2, 0) is 6.54 Å². The predicted octanol–water partition coefficient (Wildman–Crippen LogP) is -1.61. The number of aromatic nitrogens is 2. The maximum atomic E-state index is 12.3. The summed E-state index contributed by atoms with van der Waals surface area (Å²) in [5.74, 6) is -0.297. The molecule has 0 spiro atoms. The van der Waals surface area contributed by atoms with E-state index < -0.39 is 11.2 Å². The Morgan fingerprint density at radius 3 is 2.60 bits per heavy atom. The summed E-state index contributed by atoms with van der Waals surface area (Å²) in [5.41, 5.74) is 4.55. The summed E-state index contributed by atoms with van der Waals surface area (Å²) in [7, 11) is 0. The minimum absolute atomic E-state index is 0.0100. The minimum atomic E-state index is -0.677. The number of quaternary nitrogens is 1. The molecule has 0 aliphatic carbocycles. The van der Waals surface area contributed by atoms with Crippen LogP contribution in [0, 0.1) is 0 Å². The van der Waals surface area contributed by atoms with Crippen LogP contribution in [0.25, 0.3) is 0 Å². The Kier molecular flexibility index (Phi) is 4.39. The number of aromatic amines is 1. The van der Waals surface area contributed by atoms with Crippen LogP contribution in [0.15, 0.2) is 9.59 Å². The number of ketones is 1. The van der Waals surface area contributed by atoms with E-state index in [0.29, 0.717) is 13.0 Å². The summed E-state index contributed by atoms with van der Waals surface area (Å²) >= 11 is 0. The fourth-order valence-corrected chi connectivity index (χ4v) is 2.67. The third kappa shape index (κ3) is 2.82. The van der Waals surface area contributed by atoms with Crippen molar-refractivity contribution in [3.05, 3.63) is 26.4 Å². The van der Waals surface area contributed by atoms with Gasteiger partial charge >= 0.3 is 5.69 Å². The number of nitrogens with two attached hydrogens (primary N) is 1. The lowest BCUT2D eigenvalue weighted by molar-refractivity contribution is -0.878. The average Bonchev–Trinajstić information content (AvgIpc) is 2.87. The number of H-pyrrole nitrogens is 1. The normalized spacial score (nSPS) is 15.7. The van der Waals surface area contributed by atoms with Crippen LogP contribution in [0.2, 0.25) is 0 Å². The van der Waals surface area contributed by atoms with Crippen molar-refractivity contribution in [2.45, 2.75) is 32.7 Å². The van der Waals surface area contributed by atoms with E-state index in [-0.39, 0.29) is 23.7 Å². The zero-order valence-corrected chi connectivity index (χ0v) is 11.7. The third-order valence-electron chi connectivity index (χ3n) is 3.69. The fraction of sp³-hybridized carbons (Fsp3) is 0.615. The number of nitrogen functional groups attached to an aromatic ring is 1. The van der Waals surface area contributed by atoms with Gasteiger partial charge in [-0.3, -0.25) is 19.1 Å². The lowest BCUT2D eigenvalue weighted by Crippen LogP contribution is -3.10. The molecule has 1 aliphatic rings. The van der Waals surface area contributed by atoms with E-state index in [9.17, 15) is 14.4 Å². The lowest BCUT2D eigenvalue weighted by atomic mass is 10.2. The zero-order chi connectivity index (χ0) is 14.7. The molecule has 0 aromatic carbocycles. The molecule has 7 heteroatoms. The molecular weight excluding hydrogens is 260 g/mol. The number of hydrogen-bond acceptors (Lipinski definition) is 4. The molecule has 0 bridgehead atoms. The molecule has 0 atom stereocenters. The summed E-state index contributed by atoms with van der Waals surface area (Å²) in [5, 5.41) is 0. The van der Waals surface area contributed by atoms with Crippen LogP contribution in [0.4, 0.5) is 5.82 Å². The van der Waals surface area contributed by atoms with E-state index in [0.717, 1.165) is 25.9 Å². The van der Waals surface area contributed by atoms with Gasteiger partial charge in [0.1, 0.15) is 17.9 Å². The number of rotatable bonds is 5. The number of nitrogens with one attached hydrogen (secondary N) is 2. The van der Waals surface area contributed by atoms with Gasteiger partial charge in [-0.2, -0.15) is 0 Å². The minimum Gasteiger partial charge on any atom is -0.384 e. The van der Waals surface area contributed by atoms with Crippen molar-refractivity contribution in [1.29, 1.82) is 0 Å². The van der Waals surface area contributed by atoms with Gasteiger partial charge in [0, 0.05) is 19.4 Å². The summed E-state index contributed by atoms with van der Waals surface area (Å²) in [4.78, 5) is 39.2. The van der Waals surface area contributed by atoms with Crippen LogP contribution in [-0.4, -0.2) is 35.0 Å². The smallest absolute Gasteiger partial charge is 0.329 e.